The van der Waals surface area contributed by atoms with Gasteiger partial charge in [0, 0.05) is 19.7 Å². The number of anilines is 1. The minimum atomic E-state index is -0.923. The van der Waals surface area contributed by atoms with Crippen molar-refractivity contribution in [2.75, 3.05) is 33.1 Å². The van der Waals surface area contributed by atoms with Gasteiger partial charge in [0.1, 0.15) is 16.9 Å². The van der Waals surface area contributed by atoms with Gasteiger partial charge in [-0.3, -0.25) is 9.59 Å². The third kappa shape index (κ3) is 3.63. The summed E-state index contributed by atoms with van der Waals surface area (Å²) >= 11 is 0. The number of carbonyl (C=O) groups is 2. The molecule has 0 heterocycles. The number of methoxy groups -OCH3 is 2. The smallest absolute Gasteiger partial charge is 0.240 e. The third-order valence-electron chi connectivity index (χ3n) is 4.44. The molecule has 1 aliphatic rings. The molecule has 24 heavy (non-hydrogen) atoms. The van der Waals surface area contributed by atoms with E-state index < -0.39 is 5.41 Å². The molecule has 0 bridgehead atoms. The number of hydrogen-bond acceptors (Lipinski definition) is 4. The summed E-state index contributed by atoms with van der Waals surface area (Å²) in [6, 6.07) is 5.16. The largest absolute Gasteiger partial charge is 0.497 e. The number of unbranched alkanes of at least 4 members (excludes halogenated alkanes) is 1. The first-order chi connectivity index (χ1) is 11.5. The molecule has 1 aromatic carbocycles. The highest BCUT2D eigenvalue weighted by molar-refractivity contribution is 6.13. The minimum absolute atomic E-state index is 0.0964. The van der Waals surface area contributed by atoms with Crippen LogP contribution >= 0.6 is 0 Å². The van der Waals surface area contributed by atoms with E-state index in [9.17, 15) is 9.59 Å². The molecule has 0 unspecified atom stereocenters. The Bertz CT molecular complexity index is 611. The maximum atomic E-state index is 12.7. The van der Waals surface area contributed by atoms with Crippen LogP contribution in [0.25, 0.3) is 0 Å². The fourth-order valence-corrected chi connectivity index (χ4v) is 2.67. The number of nitrogens with one attached hydrogen (secondary N) is 1. The van der Waals surface area contributed by atoms with E-state index in [4.69, 9.17) is 9.47 Å². The Morgan fingerprint density at radius 2 is 1.96 bits per heavy atom. The molecule has 0 radical (unpaired) electrons. The average Bonchev–Trinajstić information content (AvgIpc) is 3.41. The molecule has 132 valence electrons. The van der Waals surface area contributed by atoms with E-state index in [1.165, 1.54) is 7.11 Å². The van der Waals surface area contributed by atoms with Gasteiger partial charge in [0.25, 0.3) is 0 Å². The Morgan fingerprint density at radius 1 is 1.25 bits per heavy atom. The van der Waals surface area contributed by atoms with E-state index in [0.29, 0.717) is 36.6 Å². The molecule has 6 heteroatoms. The molecule has 2 rings (SSSR count). The van der Waals surface area contributed by atoms with Gasteiger partial charge in [0.05, 0.1) is 19.9 Å². The lowest BCUT2D eigenvalue weighted by Crippen LogP contribution is -2.41. The molecule has 1 saturated carbocycles. The number of hydrogen-bond donors (Lipinski definition) is 1. The zero-order chi connectivity index (χ0) is 17.7. The standard InChI is InChI=1S/C18H26N2O4/c1-5-6-11-20(2)17(22)18(9-10-18)16(21)19-14-8-7-13(23-3)12-15(14)24-4/h7-8,12H,5-6,9-11H2,1-4H3,(H,19,21). The summed E-state index contributed by atoms with van der Waals surface area (Å²) in [7, 11) is 4.86. The zero-order valence-electron chi connectivity index (χ0n) is 14.8. The monoisotopic (exact) mass is 334 g/mol. The Balaban J connectivity index is 2.10. The molecular weight excluding hydrogens is 308 g/mol. The number of carbonyl (C=O) groups excluding carboxylic acids is 2. The molecule has 0 aromatic heterocycles. The van der Waals surface area contributed by atoms with Crippen LogP contribution in [-0.2, 0) is 9.59 Å². The second-order valence-electron chi connectivity index (χ2n) is 6.18. The lowest BCUT2D eigenvalue weighted by Gasteiger charge is -2.23. The molecule has 1 aromatic rings. The van der Waals surface area contributed by atoms with Crippen LogP contribution in [0, 0.1) is 5.41 Å². The fourth-order valence-electron chi connectivity index (χ4n) is 2.67. The van der Waals surface area contributed by atoms with Gasteiger partial charge in [-0.2, -0.15) is 0 Å². The van der Waals surface area contributed by atoms with Crippen LogP contribution in [0.1, 0.15) is 32.6 Å². The molecule has 0 atom stereocenters. The number of amides is 2. The lowest BCUT2D eigenvalue weighted by atomic mass is 10.0. The van der Waals surface area contributed by atoms with Crippen LogP contribution in [0.2, 0.25) is 0 Å². The van der Waals surface area contributed by atoms with Gasteiger partial charge in [-0.15, -0.1) is 0 Å². The van der Waals surface area contributed by atoms with Gasteiger partial charge < -0.3 is 19.7 Å². The summed E-state index contributed by atoms with van der Waals surface area (Å²) in [6.45, 7) is 2.75. The molecule has 0 aliphatic heterocycles. The van der Waals surface area contributed by atoms with Gasteiger partial charge in [0.2, 0.25) is 11.8 Å². The number of benzene rings is 1. The van der Waals surface area contributed by atoms with Gasteiger partial charge >= 0.3 is 0 Å². The summed E-state index contributed by atoms with van der Waals surface area (Å²) in [5.74, 6) is 0.784. The van der Waals surface area contributed by atoms with Gasteiger partial charge in [0.15, 0.2) is 0 Å². The van der Waals surface area contributed by atoms with Gasteiger partial charge in [-0.1, -0.05) is 13.3 Å². The van der Waals surface area contributed by atoms with Crippen molar-refractivity contribution in [2.24, 2.45) is 5.41 Å². The summed E-state index contributed by atoms with van der Waals surface area (Å²) in [4.78, 5) is 27.0. The molecule has 0 spiro atoms. The molecule has 6 nitrogen and oxygen atoms in total. The molecule has 1 fully saturated rings. The van der Waals surface area contributed by atoms with Crippen LogP contribution in [0.3, 0.4) is 0 Å². The van der Waals surface area contributed by atoms with Crippen LogP contribution < -0.4 is 14.8 Å². The highest BCUT2D eigenvalue weighted by Gasteiger charge is 2.57. The molecule has 1 N–H and O–H groups in total. The number of nitrogens with zero attached hydrogens (tertiary/aromatic N) is 1. The Kier molecular flexibility index (Phi) is 5.70. The molecule has 0 saturated heterocycles. The van der Waals surface area contributed by atoms with E-state index in [1.54, 1.807) is 37.3 Å². The third-order valence-corrected chi connectivity index (χ3v) is 4.44. The Hall–Kier alpha value is -2.24. The van der Waals surface area contributed by atoms with Crippen molar-refractivity contribution in [1.29, 1.82) is 0 Å². The van der Waals surface area contributed by atoms with Crippen molar-refractivity contribution in [3.8, 4) is 11.5 Å². The fraction of sp³-hybridized carbons (Fsp3) is 0.556. The van der Waals surface area contributed by atoms with Gasteiger partial charge in [-0.25, -0.2) is 0 Å². The van der Waals surface area contributed by atoms with E-state index >= 15 is 0 Å². The summed E-state index contributed by atoms with van der Waals surface area (Å²) in [5.41, 5.74) is -0.383. The maximum absolute atomic E-state index is 12.7. The van der Waals surface area contributed by atoms with Crippen molar-refractivity contribution in [3.63, 3.8) is 0 Å². The van der Waals surface area contributed by atoms with E-state index in [-0.39, 0.29) is 11.8 Å². The Morgan fingerprint density at radius 3 is 2.50 bits per heavy atom. The van der Waals surface area contributed by atoms with E-state index in [2.05, 4.69) is 12.2 Å². The topological polar surface area (TPSA) is 67.9 Å². The normalized spacial score (nSPS) is 14.7. The number of rotatable bonds is 8. The maximum Gasteiger partial charge on any atom is 0.240 e. The van der Waals surface area contributed by atoms with Crippen molar-refractivity contribution >= 4 is 17.5 Å². The average molecular weight is 334 g/mol. The second kappa shape index (κ2) is 7.55. The van der Waals surface area contributed by atoms with Crippen molar-refractivity contribution in [1.82, 2.24) is 4.90 Å². The first-order valence-corrected chi connectivity index (χ1v) is 8.27. The summed E-state index contributed by atoms with van der Waals surface area (Å²) < 4.78 is 10.4. The highest BCUT2D eigenvalue weighted by Crippen LogP contribution is 2.48. The van der Waals surface area contributed by atoms with Gasteiger partial charge in [-0.05, 0) is 31.4 Å². The first-order valence-electron chi connectivity index (χ1n) is 8.27. The lowest BCUT2D eigenvalue weighted by molar-refractivity contribution is -0.141. The predicted octanol–water partition coefficient (Wildman–Crippen LogP) is 2.68. The second-order valence-corrected chi connectivity index (χ2v) is 6.18. The summed E-state index contributed by atoms with van der Waals surface area (Å²) in [5, 5.41) is 2.84. The number of ether oxygens (including phenoxy) is 2. The van der Waals surface area contributed by atoms with Crippen LogP contribution in [0.15, 0.2) is 18.2 Å². The minimum Gasteiger partial charge on any atom is -0.497 e. The van der Waals surface area contributed by atoms with Crippen LogP contribution in [-0.4, -0.2) is 44.5 Å². The zero-order valence-corrected chi connectivity index (χ0v) is 14.8. The first kappa shape index (κ1) is 18.1. The highest BCUT2D eigenvalue weighted by atomic mass is 16.5. The quantitative estimate of drug-likeness (QED) is 0.742. The summed E-state index contributed by atoms with van der Waals surface area (Å²) in [6.07, 6.45) is 3.13. The van der Waals surface area contributed by atoms with Crippen LogP contribution in [0.4, 0.5) is 5.69 Å². The predicted molar refractivity (Wildman–Crippen MR) is 92.4 cm³/mol. The Labute approximate surface area is 143 Å². The van der Waals surface area contributed by atoms with E-state index in [0.717, 1.165) is 12.8 Å². The SMILES string of the molecule is CCCCN(C)C(=O)C1(C(=O)Nc2ccc(OC)cc2OC)CC1. The van der Waals surface area contributed by atoms with Crippen molar-refractivity contribution in [2.45, 2.75) is 32.6 Å². The van der Waals surface area contributed by atoms with E-state index in [1.807, 2.05) is 0 Å². The molecule has 2 amide bonds. The molecular formula is C18H26N2O4. The van der Waals surface area contributed by atoms with Crippen molar-refractivity contribution < 1.29 is 19.1 Å². The van der Waals surface area contributed by atoms with Crippen LogP contribution in [0.5, 0.6) is 11.5 Å². The van der Waals surface area contributed by atoms with Crippen molar-refractivity contribution in [3.05, 3.63) is 18.2 Å². The molecule has 1 aliphatic carbocycles.